The molecule has 21 heavy (non-hydrogen) atoms. The fourth-order valence-corrected chi connectivity index (χ4v) is 2.59. The van der Waals surface area contributed by atoms with Crippen LogP contribution in [0.3, 0.4) is 0 Å². The Kier molecular flexibility index (Phi) is 5.55. The van der Waals surface area contributed by atoms with Crippen LogP contribution in [0.2, 0.25) is 0 Å². The number of ether oxygens (including phenoxy) is 2. The molecule has 1 N–H and O–H groups in total. The van der Waals surface area contributed by atoms with E-state index in [1.807, 2.05) is 12.1 Å². The molecule has 0 spiro atoms. The van der Waals surface area contributed by atoms with Gasteiger partial charge in [-0.1, -0.05) is 12.1 Å². The minimum Gasteiger partial charge on any atom is -0.545 e. The molecular weight excluding hydrogens is 272 g/mol. The second-order valence-corrected chi connectivity index (χ2v) is 5.18. The van der Waals surface area contributed by atoms with Gasteiger partial charge in [0, 0.05) is 19.9 Å². The summed E-state index contributed by atoms with van der Waals surface area (Å²) in [5.41, 5.74) is 1.26. The molecule has 0 atom stereocenters. The monoisotopic (exact) mass is 294 g/mol. The van der Waals surface area contributed by atoms with Crippen molar-refractivity contribution >= 4 is 11.7 Å². The fraction of sp³-hybridized carbons (Fsp3) is 0.533. The zero-order chi connectivity index (χ0) is 15.2. The molecule has 0 amide bonds. The minimum atomic E-state index is -1.14. The zero-order valence-electron chi connectivity index (χ0n) is 12.5. The van der Waals surface area contributed by atoms with Crippen molar-refractivity contribution < 1.29 is 24.3 Å². The van der Waals surface area contributed by atoms with Gasteiger partial charge in [0.15, 0.2) is 0 Å². The number of nitrogens with zero attached hydrogens (tertiary/aromatic N) is 1. The second kappa shape index (κ2) is 7.40. The summed E-state index contributed by atoms with van der Waals surface area (Å²) in [6.07, 6.45) is -0.158. The van der Waals surface area contributed by atoms with Crippen LogP contribution in [0.1, 0.15) is 10.4 Å². The van der Waals surface area contributed by atoms with Gasteiger partial charge in [0.2, 0.25) is 6.29 Å². The predicted molar refractivity (Wildman–Crippen MR) is 76.4 cm³/mol. The van der Waals surface area contributed by atoms with Crippen LogP contribution < -0.4 is 14.9 Å². The number of rotatable bonds is 6. The molecule has 0 bridgehead atoms. The number of carbonyl (C=O) groups excluding carboxylic acids is 1. The third-order valence-corrected chi connectivity index (χ3v) is 3.92. The number of nitrogens with one attached hydrogen (secondary N) is 1. The van der Waals surface area contributed by atoms with E-state index < -0.39 is 5.97 Å². The average molecular weight is 294 g/mol. The maximum atomic E-state index is 10.7. The molecule has 6 heteroatoms. The Bertz CT molecular complexity index is 451. The van der Waals surface area contributed by atoms with Crippen molar-refractivity contribution in [1.29, 1.82) is 0 Å². The van der Waals surface area contributed by atoms with Crippen LogP contribution in [-0.4, -0.2) is 59.2 Å². The maximum Gasteiger partial charge on any atom is 0.207 e. The van der Waals surface area contributed by atoms with Crippen molar-refractivity contribution in [3.05, 3.63) is 29.8 Å². The topological polar surface area (TPSA) is 66.3 Å². The Labute approximate surface area is 124 Å². The highest BCUT2D eigenvalue weighted by Gasteiger charge is 2.23. The lowest BCUT2D eigenvalue weighted by molar-refractivity contribution is -0.906. The van der Waals surface area contributed by atoms with Crippen LogP contribution in [0.5, 0.6) is 0 Å². The van der Waals surface area contributed by atoms with Crippen molar-refractivity contribution in [3.63, 3.8) is 0 Å². The van der Waals surface area contributed by atoms with Gasteiger partial charge in [-0.3, -0.25) is 0 Å². The molecule has 1 aliphatic heterocycles. The first-order valence-corrected chi connectivity index (χ1v) is 7.09. The van der Waals surface area contributed by atoms with Gasteiger partial charge in [-0.05, 0) is 17.7 Å². The molecule has 2 rings (SSSR count). The van der Waals surface area contributed by atoms with Gasteiger partial charge in [-0.25, -0.2) is 0 Å². The lowest BCUT2D eigenvalue weighted by Crippen LogP contribution is -3.16. The Morgan fingerprint density at radius 1 is 1.24 bits per heavy atom. The SMILES string of the molecule is COC(C[NH+]1CCN(c2ccc(C(=O)[O-])cc2)CC1)OC. The van der Waals surface area contributed by atoms with Gasteiger partial charge in [-0.2, -0.15) is 0 Å². The fourth-order valence-electron chi connectivity index (χ4n) is 2.59. The molecule has 6 nitrogen and oxygen atoms in total. The summed E-state index contributed by atoms with van der Waals surface area (Å²) in [7, 11) is 3.31. The van der Waals surface area contributed by atoms with Gasteiger partial charge in [-0.15, -0.1) is 0 Å². The van der Waals surface area contributed by atoms with E-state index in [1.54, 1.807) is 26.4 Å². The summed E-state index contributed by atoms with van der Waals surface area (Å²) >= 11 is 0. The normalized spacial score (nSPS) is 16.4. The van der Waals surface area contributed by atoms with E-state index in [2.05, 4.69) is 4.90 Å². The van der Waals surface area contributed by atoms with Crippen LogP contribution >= 0.6 is 0 Å². The van der Waals surface area contributed by atoms with E-state index in [9.17, 15) is 9.90 Å². The van der Waals surface area contributed by atoms with E-state index in [-0.39, 0.29) is 11.9 Å². The molecule has 0 radical (unpaired) electrons. The number of anilines is 1. The first kappa shape index (κ1) is 15.8. The number of carbonyl (C=O) groups is 1. The third kappa shape index (κ3) is 4.17. The minimum absolute atomic E-state index is 0.158. The first-order valence-electron chi connectivity index (χ1n) is 7.09. The summed E-state index contributed by atoms with van der Waals surface area (Å²) in [5.74, 6) is -1.14. The summed E-state index contributed by atoms with van der Waals surface area (Å²) < 4.78 is 10.5. The summed E-state index contributed by atoms with van der Waals surface area (Å²) in [6, 6.07) is 6.86. The highest BCUT2D eigenvalue weighted by Crippen LogP contribution is 2.14. The van der Waals surface area contributed by atoms with E-state index in [4.69, 9.17) is 9.47 Å². The van der Waals surface area contributed by atoms with Gasteiger partial charge in [0.25, 0.3) is 0 Å². The molecular formula is C15H22N2O4. The molecule has 1 saturated heterocycles. The summed E-state index contributed by atoms with van der Waals surface area (Å²) in [6.45, 7) is 4.71. The van der Waals surface area contributed by atoms with Crippen LogP contribution in [0, 0.1) is 0 Å². The average Bonchev–Trinajstić information content (AvgIpc) is 2.53. The number of aromatic carboxylic acids is 1. The van der Waals surface area contributed by atoms with Crippen molar-refractivity contribution in [2.24, 2.45) is 0 Å². The molecule has 0 aromatic heterocycles. The largest absolute Gasteiger partial charge is 0.545 e. The highest BCUT2D eigenvalue weighted by atomic mass is 16.7. The number of methoxy groups -OCH3 is 2. The van der Waals surface area contributed by atoms with Gasteiger partial charge < -0.3 is 29.2 Å². The van der Waals surface area contributed by atoms with Crippen LogP contribution in [0.4, 0.5) is 5.69 Å². The van der Waals surface area contributed by atoms with E-state index >= 15 is 0 Å². The molecule has 1 heterocycles. The van der Waals surface area contributed by atoms with Crippen molar-refractivity contribution in [3.8, 4) is 0 Å². The molecule has 1 aromatic carbocycles. The molecule has 1 aromatic rings. The van der Waals surface area contributed by atoms with Crippen LogP contribution in [-0.2, 0) is 9.47 Å². The lowest BCUT2D eigenvalue weighted by atomic mass is 10.2. The third-order valence-electron chi connectivity index (χ3n) is 3.92. The molecule has 1 aliphatic rings. The van der Waals surface area contributed by atoms with Gasteiger partial charge >= 0.3 is 0 Å². The number of quaternary nitrogens is 1. The van der Waals surface area contributed by atoms with E-state index in [1.165, 1.54) is 4.90 Å². The maximum absolute atomic E-state index is 10.7. The number of carboxylic acids is 1. The van der Waals surface area contributed by atoms with Gasteiger partial charge in [0.05, 0.1) is 32.1 Å². The summed E-state index contributed by atoms with van der Waals surface area (Å²) in [4.78, 5) is 14.5. The quantitative estimate of drug-likeness (QED) is 0.639. The van der Waals surface area contributed by atoms with E-state index in [0.717, 1.165) is 38.4 Å². The van der Waals surface area contributed by atoms with Crippen molar-refractivity contribution in [2.75, 3.05) is 51.8 Å². The smallest absolute Gasteiger partial charge is 0.207 e. The number of benzene rings is 1. The van der Waals surface area contributed by atoms with Crippen LogP contribution in [0.15, 0.2) is 24.3 Å². The van der Waals surface area contributed by atoms with Crippen molar-refractivity contribution in [1.82, 2.24) is 0 Å². The number of hydrogen-bond donors (Lipinski definition) is 1. The Balaban J connectivity index is 1.87. The Hall–Kier alpha value is -1.63. The zero-order valence-corrected chi connectivity index (χ0v) is 12.5. The molecule has 1 fully saturated rings. The van der Waals surface area contributed by atoms with Gasteiger partial charge in [0.1, 0.15) is 6.54 Å². The number of hydrogen-bond acceptors (Lipinski definition) is 5. The van der Waals surface area contributed by atoms with Crippen LogP contribution in [0.25, 0.3) is 0 Å². The van der Waals surface area contributed by atoms with Crippen molar-refractivity contribution in [2.45, 2.75) is 6.29 Å². The first-order chi connectivity index (χ1) is 10.1. The second-order valence-electron chi connectivity index (χ2n) is 5.18. The summed E-state index contributed by atoms with van der Waals surface area (Å²) in [5, 5.41) is 10.7. The molecule has 116 valence electrons. The standard InChI is InChI=1S/C15H22N2O4/c1-20-14(21-2)11-16-7-9-17(10-8-16)13-5-3-12(4-6-13)15(18)19/h3-6,14H,7-11H2,1-2H3,(H,18,19). The predicted octanol–water partition coefficient (Wildman–Crippen LogP) is -1.63. The molecule has 0 unspecified atom stereocenters. The Morgan fingerprint density at radius 2 is 1.81 bits per heavy atom. The number of piperazine rings is 1. The Morgan fingerprint density at radius 3 is 2.29 bits per heavy atom. The molecule has 0 saturated carbocycles. The lowest BCUT2D eigenvalue weighted by Gasteiger charge is -2.34. The number of carboxylic acid groups (broad SMARTS) is 1. The highest BCUT2D eigenvalue weighted by molar-refractivity contribution is 5.86. The van der Waals surface area contributed by atoms with E-state index in [0.29, 0.717) is 0 Å². The molecule has 0 aliphatic carbocycles.